The van der Waals surface area contributed by atoms with Crippen LogP contribution in [0.3, 0.4) is 0 Å². The van der Waals surface area contributed by atoms with Crippen molar-refractivity contribution in [2.24, 2.45) is 0 Å². The predicted molar refractivity (Wildman–Crippen MR) is 499 cm³/mol. The molecule has 5 heterocycles. The van der Waals surface area contributed by atoms with E-state index in [4.69, 9.17) is 90.0 Å². The molecule has 11 aromatic carbocycles. The third-order valence-corrected chi connectivity index (χ3v) is 24.9. The number of aliphatic hydroxyl groups excluding tert-OH is 1. The van der Waals surface area contributed by atoms with Gasteiger partial charge in [0.25, 0.3) is 0 Å². The lowest BCUT2D eigenvalue weighted by molar-refractivity contribution is -0.392. The molecular weight excluding hydrogens is 1750 g/mol. The summed E-state index contributed by atoms with van der Waals surface area (Å²) >= 11 is 0. The van der Waals surface area contributed by atoms with E-state index < -0.39 is 172 Å². The molecule has 0 unspecified atom stereocenters. The van der Waals surface area contributed by atoms with Crippen LogP contribution in [0, 0.1) is 0 Å². The first-order valence-electron chi connectivity index (χ1n) is 46.4. The summed E-state index contributed by atoms with van der Waals surface area (Å²) in [5.41, 5.74) is 11.1. The summed E-state index contributed by atoms with van der Waals surface area (Å²) in [5.74, 6) is -3.14. The fraction of sp³-hybridized carbons (Fsp3) is 0.358. The Kier molecular flexibility index (Phi) is 34.4. The molecule has 22 atom stereocenters. The van der Waals surface area contributed by atoms with Gasteiger partial charge in [-0.2, -0.15) is 0 Å². The van der Waals surface area contributed by atoms with E-state index in [1.54, 1.807) is 0 Å². The summed E-state index contributed by atoms with van der Waals surface area (Å²) in [6.45, 7) is 0.978. The second-order valence-corrected chi connectivity index (χ2v) is 34.6. The average molecular weight is 1870 g/mol. The van der Waals surface area contributed by atoms with E-state index in [2.05, 4.69) is 16.0 Å². The zero-order valence-electron chi connectivity index (χ0n) is 76.1. The summed E-state index contributed by atoms with van der Waals surface area (Å²) in [7, 11) is 0. The van der Waals surface area contributed by atoms with Crippen LogP contribution in [0.2, 0.25) is 0 Å². The van der Waals surface area contributed by atoms with Crippen molar-refractivity contribution in [2.45, 2.75) is 208 Å². The Bertz CT molecular complexity index is 5510. The lowest BCUT2D eigenvalue weighted by Gasteiger charge is -2.52. The van der Waals surface area contributed by atoms with Crippen molar-refractivity contribution < 1.29 is 119 Å². The Balaban J connectivity index is 0.735. The largest absolute Gasteiger partial charge is 0.480 e. The van der Waals surface area contributed by atoms with E-state index in [1.807, 2.05) is 322 Å². The maximum absolute atomic E-state index is 14.4. The van der Waals surface area contributed by atoms with Gasteiger partial charge in [0.05, 0.1) is 85.9 Å². The maximum Gasteiger partial charge on any atom is 0.407 e. The van der Waals surface area contributed by atoms with E-state index in [0.29, 0.717) is 0 Å². The molecule has 28 heteroatoms. The molecule has 5 saturated heterocycles. The molecule has 137 heavy (non-hydrogen) atoms. The normalized spacial score (nSPS) is 26.5. The van der Waals surface area contributed by atoms with Crippen molar-refractivity contribution in [3.8, 4) is 11.1 Å². The molecule has 0 spiro atoms. The Morgan fingerprint density at radius 1 is 0.350 bits per heavy atom. The summed E-state index contributed by atoms with van der Waals surface area (Å²) in [6, 6.07) is 96.9. The van der Waals surface area contributed by atoms with Crippen molar-refractivity contribution in [1.82, 2.24) is 16.0 Å². The van der Waals surface area contributed by atoms with Gasteiger partial charge in [-0.25, -0.2) is 9.59 Å². The average Bonchev–Trinajstić information content (AvgIpc) is 1.48. The van der Waals surface area contributed by atoms with E-state index in [0.717, 1.165) is 72.3 Å². The molecular formula is C109H115N3O25. The van der Waals surface area contributed by atoms with Crippen LogP contribution in [0.1, 0.15) is 87.3 Å². The number of fused-ring (bicyclic) bond motifs is 4. The van der Waals surface area contributed by atoms with Gasteiger partial charge in [-0.05, 0) is 66.8 Å². The van der Waals surface area contributed by atoms with Crippen LogP contribution in [0.5, 0.6) is 0 Å². The van der Waals surface area contributed by atoms with Crippen LogP contribution in [0.25, 0.3) is 11.1 Å². The number of ether oxygens (including phenoxy) is 19. The van der Waals surface area contributed by atoms with Gasteiger partial charge in [0.2, 0.25) is 11.8 Å². The van der Waals surface area contributed by atoms with E-state index in [9.17, 15) is 29.4 Å². The second-order valence-electron chi connectivity index (χ2n) is 34.6. The van der Waals surface area contributed by atoms with Gasteiger partial charge in [0.1, 0.15) is 104 Å². The Morgan fingerprint density at radius 2 is 0.715 bits per heavy atom. The van der Waals surface area contributed by atoms with Gasteiger partial charge in [0, 0.05) is 25.3 Å². The summed E-state index contributed by atoms with van der Waals surface area (Å²) in [4.78, 5) is 56.7. The highest BCUT2D eigenvalue weighted by Crippen LogP contribution is 2.46. The number of carbonyl (C=O) groups excluding carboxylic acids is 3. The summed E-state index contributed by atoms with van der Waals surface area (Å²) in [5, 5.41) is 33.5. The third kappa shape index (κ3) is 25.8. The van der Waals surface area contributed by atoms with Crippen molar-refractivity contribution >= 4 is 23.9 Å². The molecule has 5 N–H and O–H groups in total. The van der Waals surface area contributed by atoms with Gasteiger partial charge in [-0.1, -0.05) is 322 Å². The monoisotopic (exact) mass is 1870 g/mol. The molecule has 0 aromatic heterocycles. The maximum atomic E-state index is 14.4. The minimum atomic E-state index is -1.91. The van der Waals surface area contributed by atoms with Gasteiger partial charge in [-0.15, -0.1) is 0 Å². The van der Waals surface area contributed by atoms with Crippen LogP contribution in [-0.4, -0.2) is 202 Å². The number of rotatable bonds is 43. The van der Waals surface area contributed by atoms with E-state index >= 15 is 0 Å². The van der Waals surface area contributed by atoms with Gasteiger partial charge in [-0.3, -0.25) is 9.59 Å². The molecule has 1 aliphatic carbocycles. The van der Waals surface area contributed by atoms with Gasteiger partial charge in [0.15, 0.2) is 37.5 Å². The highest BCUT2D eigenvalue weighted by Gasteiger charge is 2.59. The SMILES string of the molecule is CC(=O)N[C@H]1[C@H](OC[C@H]2O[C@H](OC[C@H](NC(=O)OCC3c4ccccc4-c4ccccc43)C(=O)O)[C@H](NC(C)=O)[C@@H](O[C@@H]3O[C@H](COCc4ccccc4)[C@H](OCc4ccccc4)[C@H](OCc4ccccc4)[C@H]3OCc3ccccc3)[C@H]2O)O[C@H](COCc2ccccc2)[C@@H](O[C@@H]2O[C@@H]3CO[C@H](c4ccccc4)O[C@@H]3[C@H](OCc3ccccc3)[C@H]2OCc2ccccc2)[C@@H]1OCc1ccccc1. The number of aliphatic hydroxyl groups is 1. The number of amides is 3. The van der Waals surface area contributed by atoms with Crippen molar-refractivity contribution in [2.75, 3.05) is 39.6 Å². The third-order valence-electron chi connectivity index (χ3n) is 24.9. The molecule has 5 fully saturated rings. The van der Waals surface area contributed by atoms with Crippen LogP contribution in [0.15, 0.2) is 322 Å². The number of nitrogens with one attached hydrogen (secondary N) is 3. The quantitative estimate of drug-likeness (QED) is 0.0237. The number of benzene rings is 11. The molecule has 17 rings (SSSR count). The highest BCUT2D eigenvalue weighted by atomic mass is 16.8. The number of carboxylic acids is 1. The standard InChI is InChI=1S/C109H115N3O25/c1-70(113)110-91-97(137-108-101(125-62-78-46-24-9-25-47-78)99(123-60-76-42-20-7-21-43-76)94(121-58-74-38-16-5-17-39-74)88(133-108)66-119-56-72-34-12-3-13-35-72)93(115)87(131-105(91)127-65-86(103(116)117)112-109(118)130-64-85-83-54-32-30-52-81(83)82-53-31-33-55-84(82)85)68-129-106-92(111-71(2)114)98(122-59-75-40-18-6-19-41-75)95(89(132-106)67-120-57-73-36-14-4-15-37-73)136-107-102(126-63-79-48-26-10-27-49-79)100(124-61-77-44-22-8-23-45-77)96-90(134-107)69-128-104(135-96)80-50-28-11-29-51-80/h3-55,85-102,104-108,115H,56-69H2,1-2H3,(H,110,113)(H,111,114)(H,112,118)(H,116,117)/t86-,87+,88+,89+,90+,91+,92+,93-,94-,95+,96-,97+,98+,99-,100-,101+,102+,104-,105-,106+,107-,108-/m0/s1. The predicted octanol–water partition coefficient (Wildman–Crippen LogP) is 14.1. The van der Waals surface area contributed by atoms with Crippen molar-refractivity contribution in [3.63, 3.8) is 0 Å². The van der Waals surface area contributed by atoms with Crippen molar-refractivity contribution in [3.05, 3.63) is 383 Å². The fourth-order valence-electron chi connectivity index (χ4n) is 18.2. The topological polar surface area (TPSA) is 320 Å². The highest BCUT2D eigenvalue weighted by molar-refractivity contribution is 5.81. The molecule has 0 bridgehead atoms. The molecule has 6 aliphatic rings. The number of hydrogen-bond acceptors (Lipinski definition) is 24. The smallest absolute Gasteiger partial charge is 0.407 e. The molecule has 716 valence electrons. The molecule has 11 aromatic rings. The van der Waals surface area contributed by atoms with Crippen LogP contribution in [0.4, 0.5) is 4.79 Å². The van der Waals surface area contributed by atoms with Gasteiger partial charge < -0.3 is 116 Å². The van der Waals surface area contributed by atoms with Crippen LogP contribution < -0.4 is 16.0 Å². The van der Waals surface area contributed by atoms with Gasteiger partial charge >= 0.3 is 12.1 Å². The molecule has 28 nitrogen and oxygen atoms in total. The zero-order valence-corrected chi connectivity index (χ0v) is 76.1. The van der Waals surface area contributed by atoms with Crippen molar-refractivity contribution in [1.29, 1.82) is 0 Å². The number of alkyl carbamates (subject to hydrolysis) is 1. The fourth-order valence-corrected chi connectivity index (χ4v) is 18.2. The van der Waals surface area contributed by atoms with Crippen LogP contribution >= 0.6 is 0 Å². The van der Waals surface area contributed by atoms with Crippen LogP contribution in [-0.2, 0) is 157 Å². The molecule has 5 aliphatic heterocycles. The molecule has 0 radical (unpaired) electrons. The second kappa shape index (κ2) is 48.6. The Hall–Kier alpha value is -11.7. The minimum Gasteiger partial charge on any atom is -0.480 e. The number of hydrogen-bond donors (Lipinski definition) is 5. The summed E-state index contributed by atoms with van der Waals surface area (Å²) < 4.78 is 133. The molecule has 3 amide bonds. The number of carbonyl (C=O) groups is 4. The first kappa shape index (κ1) is 97.0. The number of aliphatic carboxylic acids is 1. The van der Waals surface area contributed by atoms with E-state index in [-0.39, 0.29) is 85.2 Å². The summed E-state index contributed by atoms with van der Waals surface area (Å²) in [6.07, 6.45) is -25.4. The first-order chi connectivity index (χ1) is 67.2. The molecule has 0 saturated carbocycles. The van der Waals surface area contributed by atoms with E-state index in [1.165, 1.54) is 13.8 Å². The Labute approximate surface area is 796 Å². The lowest BCUT2D eigenvalue weighted by atomic mass is 9.94. The minimum absolute atomic E-state index is 0.0237. The number of carboxylic acid groups (broad SMARTS) is 1. The lowest BCUT2D eigenvalue weighted by Crippen LogP contribution is -2.70. The first-order valence-corrected chi connectivity index (χ1v) is 46.4. The Morgan fingerprint density at radius 3 is 1.18 bits per heavy atom. The zero-order chi connectivity index (χ0) is 94.0.